The maximum Gasteiger partial charge on any atom is 0.231 e. The Morgan fingerprint density at radius 3 is 2.64 bits per heavy atom. The predicted octanol–water partition coefficient (Wildman–Crippen LogP) is 2.70. The van der Waals surface area contributed by atoms with Gasteiger partial charge in [0.1, 0.15) is 0 Å². The number of hydrogen-bond donors (Lipinski definition) is 0. The first-order valence-electron chi connectivity index (χ1n) is 8.76. The summed E-state index contributed by atoms with van der Waals surface area (Å²) in [5.74, 6) is 1.66. The zero-order valence-electron chi connectivity index (χ0n) is 14.2. The molecule has 1 saturated heterocycles. The fourth-order valence-corrected chi connectivity index (χ4v) is 3.40. The van der Waals surface area contributed by atoms with Crippen LogP contribution in [-0.2, 0) is 11.2 Å². The third-order valence-corrected chi connectivity index (χ3v) is 4.76. The molecule has 0 N–H and O–H groups in total. The van der Waals surface area contributed by atoms with Crippen molar-refractivity contribution in [3.63, 3.8) is 0 Å². The van der Waals surface area contributed by atoms with E-state index in [0.29, 0.717) is 6.42 Å². The number of hydrogen-bond acceptors (Lipinski definition) is 4. The van der Waals surface area contributed by atoms with Crippen LogP contribution in [0.5, 0.6) is 11.5 Å². The van der Waals surface area contributed by atoms with Crippen LogP contribution >= 0.6 is 0 Å². The number of carbonyl (C=O) groups is 1. The molecule has 0 spiro atoms. The summed E-state index contributed by atoms with van der Waals surface area (Å²) in [5.41, 5.74) is 2.20. The largest absolute Gasteiger partial charge is 0.454 e. The second-order valence-corrected chi connectivity index (χ2v) is 6.42. The maximum atomic E-state index is 12.7. The molecule has 0 aliphatic carbocycles. The average molecular weight is 338 g/mol. The minimum Gasteiger partial charge on any atom is -0.454 e. The van der Waals surface area contributed by atoms with Crippen LogP contribution in [0.15, 0.2) is 48.5 Å². The van der Waals surface area contributed by atoms with Crippen LogP contribution in [0.3, 0.4) is 0 Å². The van der Waals surface area contributed by atoms with Gasteiger partial charge in [0.05, 0.1) is 6.42 Å². The molecular weight excluding hydrogens is 316 g/mol. The van der Waals surface area contributed by atoms with Crippen molar-refractivity contribution in [3.05, 3.63) is 54.1 Å². The minimum atomic E-state index is 0.175. The summed E-state index contributed by atoms with van der Waals surface area (Å²) in [6.07, 6.45) is 1.39. The molecule has 2 aromatic carbocycles. The topological polar surface area (TPSA) is 42.0 Å². The molecule has 130 valence electrons. The summed E-state index contributed by atoms with van der Waals surface area (Å²) in [7, 11) is 0. The number of amides is 1. The average Bonchev–Trinajstić information content (AvgIpc) is 2.96. The highest BCUT2D eigenvalue weighted by atomic mass is 16.7. The quantitative estimate of drug-likeness (QED) is 0.863. The van der Waals surface area contributed by atoms with E-state index in [1.165, 1.54) is 5.69 Å². The Bertz CT molecular complexity index is 748. The first-order valence-corrected chi connectivity index (χ1v) is 8.76. The summed E-state index contributed by atoms with van der Waals surface area (Å²) < 4.78 is 10.7. The van der Waals surface area contributed by atoms with Crippen LogP contribution in [0.4, 0.5) is 5.69 Å². The van der Waals surface area contributed by atoms with Crippen molar-refractivity contribution in [1.29, 1.82) is 0 Å². The van der Waals surface area contributed by atoms with Gasteiger partial charge < -0.3 is 19.3 Å². The monoisotopic (exact) mass is 338 g/mol. The molecule has 2 aromatic rings. The molecule has 0 radical (unpaired) electrons. The number of anilines is 1. The SMILES string of the molecule is O=C(Cc1ccc2c(c1)OCO2)N1CCCN(c2ccccc2)CC1. The van der Waals surface area contributed by atoms with Gasteiger partial charge in [-0.1, -0.05) is 24.3 Å². The smallest absolute Gasteiger partial charge is 0.231 e. The molecule has 1 amide bonds. The zero-order valence-corrected chi connectivity index (χ0v) is 14.2. The molecule has 0 aromatic heterocycles. The molecule has 1 fully saturated rings. The molecule has 0 atom stereocenters. The molecule has 0 bridgehead atoms. The number of fused-ring (bicyclic) bond motifs is 1. The molecule has 4 rings (SSSR count). The van der Waals surface area contributed by atoms with Gasteiger partial charge >= 0.3 is 0 Å². The molecule has 25 heavy (non-hydrogen) atoms. The van der Waals surface area contributed by atoms with Crippen molar-refractivity contribution in [2.45, 2.75) is 12.8 Å². The third kappa shape index (κ3) is 3.55. The van der Waals surface area contributed by atoms with Crippen molar-refractivity contribution in [3.8, 4) is 11.5 Å². The number of ether oxygens (including phenoxy) is 2. The van der Waals surface area contributed by atoms with Crippen molar-refractivity contribution < 1.29 is 14.3 Å². The van der Waals surface area contributed by atoms with E-state index in [2.05, 4.69) is 29.2 Å². The van der Waals surface area contributed by atoms with E-state index in [4.69, 9.17) is 9.47 Å². The molecule has 0 saturated carbocycles. The highest BCUT2D eigenvalue weighted by Crippen LogP contribution is 2.32. The van der Waals surface area contributed by atoms with Gasteiger partial charge in [0.2, 0.25) is 12.7 Å². The fraction of sp³-hybridized carbons (Fsp3) is 0.350. The maximum absolute atomic E-state index is 12.7. The second-order valence-electron chi connectivity index (χ2n) is 6.42. The highest BCUT2D eigenvalue weighted by molar-refractivity contribution is 5.79. The van der Waals surface area contributed by atoms with Crippen LogP contribution in [0.1, 0.15) is 12.0 Å². The van der Waals surface area contributed by atoms with E-state index in [9.17, 15) is 4.79 Å². The van der Waals surface area contributed by atoms with Gasteiger partial charge in [-0.05, 0) is 36.2 Å². The number of rotatable bonds is 3. The lowest BCUT2D eigenvalue weighted by Gasteiger charge is -2.23. The Labute approximate surface area is 147 Å². The molecule has 2 aliphatic heterocycles. The molecule has 5 heteroatoms. The number of benzene rings is 2. The van der Waals surface area contributed by atoms with Crippen LogP contribution in [0, 0.1) is 0 Å². The fourth-order valence-electron chi connectivity index (χ4n) is 3.40. The minimum absolute atomic E-state index is 0.175. The number of para-hydroxylation sites is 1. The molecule has 0 unspecified atom stereocenters. The van der Waals surface area contributed by atoms with Crippen LogP contribution in [0.2, 0.25) is 0 Å². The normalized spacial score (nSPS) is 16.6. The van der Waals surface area contributed by atoms with Crippen molar-refractivity contribution >= 4 is 11.6 Å². The van der Waals surface area contributed by atoms with E-state index in [1.54, 1.807) is 0 Å². The van der Waals surface area contributed by atoms with E-state index >= 15 is 0 Å². The van der Waals surface area contributed by atoms with Crippen molar-refractivity contribution in [1.82, 2.24) is 4.90 Å². The lowest BCUT2D eigenvalue weighted by molar-refractivity contribution is -0.130. The van der Waals surface area contributed by atoms with Gasteiger partial charge in [0.15, 0.2) is 11.5 Å². The van der Waals surface area contributed by atoms with Crippen LogP contribution in [0.25, 0.3) is 0 Å². The van der Waals surface area contributed by atoms with Crippen LogP contribution < -0.4 is 14.4 Å². The van der Waals surface area contributed by atoms with Crippen molar-refractivity contribution in [2.75, 3.05) is 37.9 Å². The summed E-state index contributed by atoms with van der Waals surface area (Å²) in [6.45, 7) is 3.69. The number of nitrogens with zero attached hydrogens (tertiary/aromatic N) is 2. The van der Waals surface area contributed by atoms with Gasteiger partial charge in [-0.15, -0.1) is 0 Å². The van der Waals surface area contributed by atoms with E-state index in [0.717, 1.165) is 49.7 Å². The Hall–Kier alpha value is -2.69. The van der Waals surface area contributed by atoms with Gasteiger partial charge in [0.25, 0.3) is 0 Å². The van der Waals surface area contributed by atoms with E-state index < -0.39 is 0 Å². The first kappa shape index (κ1) is 15.8. The highest BCUT2D eigenvalue weighted by Gasteiger charge is 2.20. The Morgan fingerprint density at radius 1 is 0.920 bits per heavy atom. The molecule has 5 nitrogen and oxygen atoms in total. The molecule has 2 heterocycles. The van der Waals surface area contributed by atoms with E-state index in [-0.39, 0.29) is 12.7 Å². The Kier molecular flexibility index (Phi) is 4.46. The van der Waals surface area contributed by atoms with Gasteiger partial charge in [0, 0.05) is 31.9 Å². The second kappa shape index (κ2) is 7.05. The first-order chi connectivity index (χ1) is 12.3. The Morgan fingerprint density at radius 2 is 1.76 bits per heavy atom. The standard InChI is InChI=1S/C20H22N2O3/c23-20(14-16-7-8-18-19(13-16)25-15-24-18)22-10-4-9-21(11-12-22)17-5-2-1-3-6-17/h1-3,5-8,13H,4,9-12,14-15H2. The predicted molar refractivity (Wildman–Crippen MR) is 96.1 cm³/mol. The van der Waals surface area contributed by atoms with Gasteiger partial charge in [-0.2, -0.15) is 0 Å². The van der Waals surface area contributed by atoms with Crippen molar-refractivity contribution in [2.24, 2.45) is 0 Å². The molecular formula is C20H22N2O3. The summed E-state index contributed by atoms with van der Waals surface area (Å²) >= 11 is 0. The Balaban J connectivity index is 1.38. The zero-order chi connectivity index (χ0) is 17.1. The lowest BCUT2D eigenvalue weighted by Crippen LogP contribution is -2.36. The van der Waals surface area contributed by atoms with Crippen LogP contribution in [-0.4, -0.2) is 43.8 Å². The van der Waals surface area contributed by atoms with Gasteiger partial charge in [-0.25, -0.2) is 0 Å². The van der Waals surface area contributed by atoms with E-state index in [1.807, 2.05) is 29.2 Å². The summed E-state index contributed by atoms with van der Waals surface area (Å²) in [4.78, 5) is 17.0. The lowest BCUT2D eigenvalue weighted by atomic mass is 10.1. The third-order valence-electron chi connectivity index (χ3n) is 4.76. The summed E-state index contributed by atoms with van der Waals surface area (Å²) in [5, 5.41) is 0. The number of carbonyl (C=O) groups excluding carboxylic acids is 1. The summed E-state index contributed by atoms with van der Waals surface area (Å²) in [6, 6.07) is 16.1. The molecule has 2 aliphatic rings. The van der Waals surface area contributed by atoms with Gasteiger partial charge in [-0.3, -0.25) is 4.79 Å².